The molecule has 26 heteroatoms. The molecule has 0 unspecified atom stereocenters. The van der Waals surface area contributed by atoms with Gasteiger partial charge in [0.15, 0.2) is 37.4 Å². The fraction of sp³-hybridized carbons (Fsp3) is 0.931. The van der Waals surface area contributed by atoms with Gasteiger partial charge >= 0.3 is 11.9 Å². The standard InChI is InChI=1S/C58H92O26/c1-22-32(62)34(64)39(69)48(77-22)81-43-27(60)21-76-51(45(43)83-49-41(71)37(67)42(23(2)78-49)80-47-38(68)33(63)26(59)20-75-47)84-52(74)58-17-16-53(3,4)18-25(58)24-10-11-29-55(7)14-13-31(79-50-40(70)35(65)36(66)44(82-50)46(72)73)54(5,6)28(55)12-15-56(29,8)57(24,9)19-30(58)61/h10,22-23,25-45,47-51,59-71H,11-21H2,1-9H3,(H,72,73)/t22-,23+,25-,26+,27-,28+,29+,30+,31+,32-,33+,34-,35-,36+,37-,38+,39+,40+,41-,42+,43-,44-,45-,47-,48-,49-,50+,51+,55+,56+,57+,58+/m0/s1. The number of ether oxygens (including phenoxy) is 10. The molecule has 0 aromatic heterocycles. The van der Waals surface area contributed by atoms with Gasteiger partial charge in [-0.25, -0.2) is 4.79 Å². The number of carboxylic acid groups (broad SMARTS) is 1. The highest BCUT2D eigenvalue weighted by Crippen LogP contribution is 2.76. The number of carboxylic acids is 1. The molecule has 32 atom stereocenters. The number of esters is 1. The maximum atomic E-state index is 15.8. The number of carbonyl (C=O) groups is 2. The van der Waals surface area contributed by atoms with Gasteiger partial charge in [0.05, 0.1) is 37.6 Å². The summed E-state index contributed by atoms with van der Waals surface area (Å²) in [6, 6.07) is 0. The van der Waals surface area contributed by atoms with Gasteiger partial charge < -0.3 is 119 Å². The average Bonchev–Trinajstić information content (AvgIpc) is 2.61. The highest BCUT2D eigenvalue weighted by atomic mass is 16.8. The van der Waals surface area contributed by atoms with Crippen molar-refractivity contribution in [3.8, 4) is 0 Å². The van der Waals surface area contributed by atoms with Crippen LogP contribution in [-0.4, -0.2) is 250 Å². The first kappa shape index (κ1) is 64.8. The number of aliphatic hydroxyl groups excluding tert-OH is 13. The lowest BCUT2D eigenvalue weighted by Crippen LogP contribution is -2.68. The van der Waals surface area contributed by atoms with Gasteiger partial charge in [-0.05, 0) is 116 Å². The molecule has 0 amide bonds. The minimum atomic E-state index is -1.99. The summed E-state index contributed by atoms with van der Waals surface area (Å²) in [5.74, 6) is -2.79. The van der Waals surface area contributed by atoms with Gasteiger partial charge in [-0.3, -0.25) is 4.79 Å². The SMILES string of the molecule is C[C@@H]1O[C@@H](O[C@@H]2[C@H](O[C@@H]3O[C@H](C)[C@@H](O[C@@H]4OC[C@@H](O)[C@@H](O)[C@H]4O)[C@@H](O)[C@@H]3O)[C@@H](OC(=O)[C@]34CCC(C)(C)C[C@H]3C3=CC[C@@H]5[C@]6(C)CC[C@@H](O[C@@H]7O[C@H](C(=O)O)[C@H](O)[C@H](O)[C@H]7O)C(C)(C)[C@H]6CC[C@@]5(C)[C@]3(C)C[C@H]4O)OC[C@@H]2O)[C@H](O)[C@@H](O)[C@H]1O. The average molecular weight is 1210 g/mol. The van der Waals surface area contributed by atoms with Crippen LogP contribution in [0, 0.1) is 50.2 Å². The Hall–Kier alpha value is -2.20. The molecule has 0 aromatic rings. The van der Waals surface area contributed by atoms with E-state index in [0.29, 0.717) is 32.1 Å². The van der Waals surface area contributed by atoms with Crippen molar-refractivity contribution in [2.24, 2.45) is 50.2 Å². The van der Waals surface area contributed by atoms with Crippen LogP contribution in [0.2, 0.25) is 0 Å². The monoisotopic (exact) mass is 1200 g/mol. The molecule has 5 aliphatic carbocycles. The van der Waals surface area contributed by atoms with Gasteiger partial charge in [0.2, 0.25) is 6.29 Å². The van der Waals surface area contributed by atoms with Crippen LogP contribution in [0.5, 0.6) is 0 Å². The van der Waals surface area contributed by atoms with Crippen LogP contribution in [0.3, 0.4) is 0 Å². The van der Waals surface area contributed by atoms with E-state index in [2.05, 4.69) is 54.5 Å². The Bertz CT molecular complexity index is 2410. The van der Waals surface area contributed by atoms with E-state index in [0.717, 1.165) is 18.4 Å². The van der Waals surface area contributed by atoms with Crippen LogP contribution >= 0.6 is 0 Å². The van der Waals surface area contributed by atoms with Gasteiger partial charge in [-0.15, -0.1) is 0 Å². The third kappa shape index (κ3) is 10.5. The molecular formula is C58H92O26. The number of hydrogen-bond donors (Lipinski definition) is 14. The zero-order valence-corrected chi connectivity index (χ0v) is 49.2. The summed E-state index contributed by atoms with van der Waals surface area (Å²) in [5.41, 5.74) is -2.80. The predicted molar refractivity (Wildman–Crippen MR) is 283 cm³/mol. The molecule has 84 heavy (non-hydrogen) atoms. The van der Waals surface area contributed by atoms with Gasteiger partial charge in [-0.1, -0.05) is 60.1 Å². The van der Waals surface area contributed by atoms with Crippen molar-refractivity contribution >= 4 is 11.9 Å². The first-order chi connectivity index (χ1) is 39.1. The maximum absolute atomic E-state index is 15.8. The highest BCUT2D eigenvalue weighted by Gasteiger charge is 2.72. The van der Waals surface area contributed by atoms with Crippen LogP contribution in [-0.2, 0) is 57.0 Å². The van der Waals surface area contributed by atoms with Crippen molar-refractivity contribution in [3.05, 3.63) is 11.6 Å². The molecule has 10 aliphatic rings. The van der Waals surface area contributed by atoms with Crippen molar-refractivity contribution < 1.29 is 128 Å². The van der Waals surface area contributed by atoms with E-state index in [1.165, 1.54) is 13.8 Å². The summed E-state index contributed by atoms with van der Waals surface area (Å²) < 4.78 is 60.2. The van der Waals surface area contributed by atoms with Gasteiger partial charge in [-0.2, -0.15) is 0 Å². The second kappa shape index (κ2) is 23.2. The van der Waals surface area contributed by atoms with Crippen LogP contribution in [0.15, 0.2) is 11.6 Å². The summed E-state index contributed by atoms with van der Waals surface area (Å²) in [5, 5.41) is 153. The number of rotatable bonds is 11. The number of fused-ring (bicyclic) bond motifs is 7. The van der Waals surface area contributed by atoms with Crippen molar-refractivity contribution in [1.29, 1.82) is 0 Å². The fourth-order valence-electron chi connectivity index (χ4n) is 17.4. The summed E-state index contributed by atoms with van der Waals surface area (Å²) >= 11 is 0. The first-order valence-electron chi connectivity index (χ1n) is 30.0. The summed E-state index contributed by atoms with van der Waals surface area (Å²) in [6.45, 7) is 17.1. The molecule has 5 aliphatic heterocycles. The second-order valence-corrected chi connectivity index (χ2v) is 28.3. The van der Waals surface area contributed by atoms with Gasteiger partial charge in [0.25, 0.3) is 0 Å². The minimum Gasteiger partial charge on any atom is -0.479 e. The van der Waals surface area contributed by atoms with Crippen molar-refractivity contribution in [3.63, 3.8) is 0 Å². The Balaban J connectivity index is 0.929. The van der Waals surface area contributed by atoms with E-state index >= 15 is 4.79 Å². The largest absolute Gasteiger partial charge is 0.479 e. The molecule has 26 nitrogen and oxygen atoms in total. The molecule has 0 radical (unpaired) electrons. The topological polar surface area (TPSA) is 410 Å². The molecule has 5 heterocycles. The lowest BCUT2D eigenvalue weighted by Gasteiger charge is -2.71. The number of aliphatic hydroxyl groups is 13. The molecule has 9 fully saturated rings. The Kier molecular flexibility index (Phi) is 17.9. The van der Waals surface area contributed by atoms with E-state index in [1.807, 2.05) is 0 Å². The number of aliphatic carboxylic acids is 1. The Morgan fingerprint density at radius 2 is 1.11 bits per heavy atom. The number of allylic oxidation sites excluding steroid dienone is 2. The van der Waals surface area contributed by atoms with Crippen LogP contribution < -0.4 is 0 Å². The lowest BCUT2D eigenvalue weighted by molar-refractivity contribution is -0.384. The van der Waals surface area contributed by atoms with Crippen molar-refractivity contribution in [2.45, 2.75) is 274 Å². The first-order valence-corrected chi connectivity index (χ1v) is 30.0. The van der Waals surface area contributed by atoms with Gasteiger partial charge in [0.1, 0.15) is 90.9 Å². The number of hydrogen-bond acceptors (Lipinski definition) is 25. The van der Waals surface area contributed by atoms with E-state index < -0.39 is 206 Å². The van der Waals surface area contributed by atoms with E-state index in [-0.39, 0.29) is 35.5 Å². The molecule has 0 bridgehead atoms. The molecule has 0 aromatic carbocycles. The molecule has 14 N–H and O–H groups in total. The third-order valence-electron chi connectivity index (χ3n) is 22.7. The molecule has 480 valence electrons. The predicted octanol–water partition coefficient (Wildman–Crippen LogP) is -1.81. The van der Waals surface area contributed by atoms with Crippen LogP contribution in [0.4, 0.5) is 0 Å². The molecular weight excluding hydrogens is 1110 g/mol. The Labute approximate surface area is 487 Å². The molecule has 5 saturated heterocycles. The second-order valence-electron chi connectivity index (χ2n) is 28.3. The minimum absolute atomic E-state index is 0.0467. The summed E-state index contributed by atoms with van der Waals surface area (Å²) in [4.78, 5) is 27.7. The summed E-state index contributed by atoms with van der Waals surface area (Å²) in [6.07, 6.45) is -33.2. The van der Waals surface area contributed by atoms with E-state index in [9.17, 15) is 76.3 Å². The zero-order chi connectivity index (χ0) is 61.5. The lowest BCUT2D eigenvalue weighted by atomic mass is 9.33. The van der Waals surface area contributed by atoms with Crippen LogP contribution in [0.1, 0.15) is 120 Å². The van der Waals surface area contributed by atoms with Crippen molar-refractivity contribution in [1.82, 2.24) is 0 Å². The Morgan fingerprint density at radius 3 is 1.77 bits per heavy atom. The highest BCUT2D eigenvalue weighted by molar-refractivity contribution is 5.80. The molecule has 4 saturated carbocycles. The third-order valence-corrected chi connectivity index (χ3v) is 22.7. The Morgan fingerprint density at radius 1 is 0.536 bits per heavy atom. The van der Waals surface area contributed by atoms with E-state index in [4.69, 9.17) is 47.4 Å². The molecule has 10 rings (SSSR count). The van der Waals surface area contributed by atoms with E-state index in [1.54, 1.807) is 0 Å². The fourth-order valence-corrected chi connectivity index (χ4v) is 17.4. The van der Waals surface area contributed by atoms with Crippen molar-refractivity contribution in [2.75, 3.05) is 13.2 Å². The quantitative estimate of drug-likeness (QED) is 0.0616. The molecule has 0 spiro atoms. The normalized spacial score (nSPS) is 54.6. The number of carbonyl (C=O) groups excluding carboxylic acids is 1. The van der Waals surface area contributed by atoms with Gasteiger partial charge in [0, 0.05) is 0 Å². The maximum Gasteiger partial charge on any atom is 0.335 e. The zero-order valence-electron chi connectivity index (χ0n) is 49.2. The summed E-state index contributed by atoms with van der Waals surface area (Å²) in [7, 11) is 0. The van der Waals surface area contributed by atoms with Crippen LogP contribution in [0.25, 0.3) is 0 Å². The smallest absolute Gasteiger partial charge is 0.335 e.